The van der Waals surface area contributed by atoms with Crippen LogP contribution in [0.2, 0.25) is 0 Å². The maximum Gasteiger partial charge on any atom is 0.338 e. The molecule has 0 fully saturated rings. The number of esters is 1. The van der Waals surface area contributed by atoms with E-state index in [0.29, 0.717) is 16.1 Å². The molecular formula is C21H17NO4S. The fourth-order valence-electron chi connectivity index (χ4n) is 2.35. The first kappa shape index (κ1) is 18.5. The fourth-order valence-corrected chi connectivity index (χ4v) is 3.01. The van der Waals surface area contributed by atoms with E-state index in [2.05, 4.69) is 5.32 Å². The fraction of sp³-hybridized carbons (Fsp3) is 0.0952. The Morgan fingerprint density at radius 1 is 0.963 bits per heavy atom. The number of ether oxygens (including phenoxy) is 1. The molecule has 0 radical (unpaired) electrons. The number of amides is 1. The number of ketones is 1. The number of Topliss-reactive ketones (excluding diaryl/α,β-unsaturated/α-hetero) is 1. The summed E-state index contributed by atoms with van der Waals surface area (Å²) in [6.45, 7) is 1.62. The minimum atomic E-state index is -0.619. The van der Waals surface area contributed by atoms with E-state index in [9.17, 15) is 14.4 Å². The Morgan fingerprint density at radius 3 is 2.44 bits per heavy atom. The third-order valence-electron chi connectivity index (χ3n) is 3.80. The summed E-state index contributed by atoms with van der Waals surface area (Å²) in [6, 6.07) is 17.0. The number of carbonyl (C=O) groups is 3. The molecule has 0 aliphatic carbocycles. The van der Waals surface area contributed by atoms with Gasteiger partial charge in [0.2, 0.25) is 5.78 Å². The van der Waals surface area contributed by atoms with Crippen LogP contribution >= 0.6 is 11.3 Å². The molecule has 3 rings (SSSR count). The van der Waals surface area contributed by atoms with Gasteiger partial charge in [-0.3, -0.25) is 9.59 Å². The van der Waals surface area contributed by atoms with Crippen LogP contribution in [0, 0.1) is 6.92 Å². The monoisotopic (exact) mass is 379 g/mol. The van der Waals surface area contributed by atoms with E-state index >= 15 is 0 Å². The Hall–Kier alpha value is -3.25. The molecule has 6 heteroatoms. The van der Waals surface area contributed by atoms with Crippen LogP contribution in [0.15, 0.2) is 66.0 Å². The summed E-state index contributed by atoms with van der Waals surface area (Å²) >= 11 is 1.30. The number of carbonyl (C=O) groups excluding carboxylic acids is 3. The van der Waals surface area contributed by atoms with Gasteiger partial charge in [0.05, 0.1) is 10.4 Å². The van der Waals surface area contributed by atoms with Gasteiger partial charge in [-0.25, -0.2) is 4.79 Å². The topological polar surface area (TPSA) is 72.5 Å². The first-order valence-corrected chi connectivity index (χ1v) is 9.13. The average Bonchev–Trinajstić information content (AvgIpc) is 3.21. The number of hydrogen-bond acceptors (Lipinski definition) is 5. The Kier molecular flexibility index (Phi) is 5.78. The molecule has 0 aliphatic rings. The highest BCUT2D eigenvalue weighted by Gasteiger charge is 2.13. The molecule has 1 amide bonds. The number of rotatable bonds is 6. The minimum Gasteiger partial charge on any atom is -0.454 e. The van der Waals surface area contributed by atoms with Gasteiger partial charge >= 0.3 is 5.97 Å². The molecule has 0 saturated heterocycles. The van der Waals surface area contributed by atoms with Crippen molar-refractivity contribution < 1.29 is 19.1 Å². The van der Waals surface area contributed by atoms with Crippen molar-refractivity contribution in [2.75, 3.05) is 11.9 Å². The number of anilines is 1. The number of thiophene rings is 1. The lowest BCUT2D eigenvalue weighted by molar-refractivity contribution is 0.0476. The average molecular weight is 379 g/mol. The van der Waals surface area contributed by atoms with Gasteiger partial charge < -0.3 is 10.1 Å². The van der Waals surface area contributed by atoms with Crippen molar-refractivity contribution >= 4 is 34.7 Å². The summed E-state index contributed by atoms with van der Waals surface area (Å²) in [7, 11) is 0. The second-order valence-corrected chi connectivity index (χ2v) is 6.83. The Bertz CT molecular complexity index is 962. The minimum absolute atomic E-state index is 0.248. The van der Waals surface area contributed by atoms with Crippen LogP contribution in [0.25, 0.3) is 0 Å². The van der Waals surface area contributed by atoms with E-state index < -0.39 is 5.97 Å². The zero-order valence-electron chi connectivity index (χ0n) is 14.6. The van der Waals surface area contributed by atoms with Crippen LogP contribution in [0.4, 0.5) is 5.69 Å². The van der Waals surface area contributed by atoms with Crippen LogP contribution in [-0.4, -0.2) is 24.3 Å². The van der Waals surface area contributed by atoms with Crippen molar-refractivity contribution in [1.82, 2.24) is 0 Å². The zero-order chi connectivity index (χ0) is 19.2. The van der Waals surface area contributed by atoms with Crippen LogP contribution in [-0.2, 0) is 4.74 Å². The normalized spacial score (nSPS) is 10.3. The number of aryl methyl sites for hydroxylation is 1. The van der Waals surface area contributed by atoms with Gasteiger partial charge in [-0.15, -0.1) is 11.3 Å². The van der Waals surface area contributed by atoms with Gasteiger partial charge in [-0.2, -0.15) is 0 Å². The highest BCUT2D eigenvalue weighted by atomic mass is 32.1. The van der Waals surface area contributed by atoms with Crippen LogP contribution in [0.5, 0.6) is 0 Å². The van der Waals surface area contributed by atoms with Gasteiger partial charge in [-0.05, 0) is 48.7 Å². The molecule has 1 N–H and O–H groups in total. The highest BCUT2D eigenvalue weighted by Crippen LogP contribution is 2.15. The number of hydrogen-bond donors (Lipinski definition) is 1. The third-order valence-corrected chi connectivity index (χ3v) is 4.71. The molecule has 0 saturated carbocycles. The molecule has 0 spiro atoms. The second-order valence-electron chi connectivity index (χ2n) is 5.88. The van der Waals surface area contributed by atoms with Gasteiger partial charge in [-0.1, -0.05) is 29.8 Å². The largest absolute Gasteiger partial charge is 0.454 e. The third kappa shape index (κ3) is 4.89. The number of benzene rings is 2. The Morgan fingerprint density at radius 2 is 1.74 bits per heavy atom. The number of nitrogens with one attached hydrogen (secondary N) is 1. The van der Waals surface area contributed by atoms with Gasteiger partial charge in [0, 0.05) is 11.3 Å². The van der Waals surface area contributed by atoms with Crippen LogP contribution in [0.1, 0.15) is 36.0 Å². The van der Waals surface area contributed by atoms with E-state index in [1.807, 2.05) is 19.1 Å². The zero-order valence-corrected chi connectivity index (χ0v) is 15.4. The van der Waals surface area contributed by atoms with Crippen molar-refractivity contribution in [3.63, 3.8) is 0 Å². The van der Waals surface area contributed by atoms with Crippen molar-refractivity contribution in [1.29, 1.82) is 0 Å². The van der Waals surface area contributed by atoms with Gasteiger partial charge in [0.1, 0.15) is 0 Å². The maximum atomic E-state index is 12.3. The van der Waals surface area contributed by atoms with E-state index in [1.165, 1.54) is 17.4 Å². The van der Waals surface area contributed by atoms with E-state index in [0.717, 1.165) is 5.56 Å². The van der Waals surface area contributed by atoms with Crippen LogP contribution in [0.3, 0.4) is 0 Å². The summed E-state index contributed by atoms with van der Waals surface area (Å²) in [4.78, 5) is 36.9. The summed E-state index contributed by atoms with van der Waals surface area (Å²) in [6.07, 6.45) is 0. The standard InChI is InChI=1S/C21H17NO4S/c1-14-7-9-15(10-8-14)20(24)22-17-5-2-4-16(12-17)21(25)26-13-18(23)19-6-3-11-27-19/h2-12H,13H2,1H3,(H,22,24). The van der Waals surface area contributed by atoms with Gasteiger partial charge in [0.25, 0.3) is 5.91 Å². The lowest BCUT2D eigenvalue weighted by atomic mass is 10.1. The van der Waals surface area contributed by atoms with E-state index in [-0.39, 0.29) is 23.9 Å². The van der Waals surface area contributed by atoms with Crippen LogP contribution < -0.4 is 5.32 Å². The van der Waals surface area contributed by atoms with E-state index in [4.69, 9.17) is 4.74 Å². The molecule has 1 aromatic heterocycles. The summed E-state index contributed by atoms with van der Waals surface area (Å²) in [5.41, 5.74) is 2.32. The molecule has 0 bridgehead atoms. The lowest BCUT2D eigenvalue weighted by Crippen LogP contribution is -2.15. The molecule has 0 aliphatic heterocycles. The highest BCUT2D eigenvalue weighted by molar-refractivity contribution is 7.12. The Labute approximate surface area is 160 Å². The molecule has 136 valence electrons. The molecule has 3 aromatic rings. The molecule has 27 heavy (non-hydrogen) atoms. The molecule has 0 atom stereocenters. The first-order valence-electron chi connectivity index (χ1n) is 8.25. The Balaban J connectivity index is 1.62. The van der Waals surface area contributed by atoms with Crippen molar-refractivity contribution in [3.8, 4) is 0 Å². The predicted molar refractivity (Wildman–Crippen MR) is 105 cm³/mol. The summed E-state index contributed by atoms with van der Waals surface area (Å²) < 4.78 is 5.08. The first-order chi connectivity index (χ1) is 13.0. The maximum absolute atomic E-state index is 12.3. The van der Waals surface area contributed by atoms with E-state index in [1.54, 1.807) is 47.8 Å². The van der Waals surface area contributed by atoms with Gasteiger partial charge in [0.15, 0.2) is 6.61 Å². The molecule has 1 heterocycles. The smallest absolute Gasteiger partial charge is 0.338 e. The summed E-state index contributed by atoms with van der Waals surface area (Å²) in [5.74, 6) is -1.14. The second kappa shape index (κ2) is 8.42. The molecule has 0 unspecified atom stereocenters. The molecular weight excluding hydrogens is 362 g/mol. The summed E-state index contributed by atoms with van der Waals surface area (Å²) in [5, 5.41) is 4.54. The molecule has 5 nitrogen and oxygen atoms in total. The van der Waals surface area contributed by atoms with Crippen molar-refractivity contribution in [3.05, 3.63) is 87.6 Å². The lowest BCUT2D eigenvalue weighted by Gasteiger charge is -2.08. The predicted octanol–water partition coefficient (Wildman–Crippen LogP) is 4.35. The van der Waals surface area contributed by atoms with Crippen molar-refractivity contribution in [2.24, 2.45) is 0 Å². The SMILES string of the molecule is Cc1ccc(C(=O)Nc2cccc(C(=O)OCC(=O)c3cccs3)c2)cc1. The van der Waals surface area contributed by atoms with Crippen molar-refractivity contribution in [2.45, 2.75) is 6.92 Å². The quantitative estimate of drug-likeness (QED) is 0.510. The molecule has 2 aromatic carbocycles.